The number of nitrogens with zero attached hydrogens (tertiary/aromatic N) is 6. The van der Waals surface area contributed by atoms with Crippen LogP contribution in [0.2, 0.25) is 0 Å². The van der Waals surface area contributed by atoms with Gasteiger partial charge in [-0.25, -0.2) is 9.97 Å². The van der Waals surface area contributed by atoms with Crippen LogP contribution in [0.4, 0.5) is 5.95 Å². The zero-order valence-corrected chi connectivity index (χ0v) is 18.4. The third-order valence-corrected chi connectivity index (χ3v) is 6.14. The number of hydrogen-bond donors (Lipinski definition) is 1. The zero-order chi connectivity index (χ0) is 23.0. The van der Waals surface area contributed by atoms with Gasteiger partial charge in [0.05, 0.1) is 11.0 Å². The van der Waals surface area contributed by atoms with Gasteiger partial charge in [0.1, 0.15) is 5.69 Å². The van der Waals surface area contributed by atoms with Gasteiger partial charge in [0.25, 0.3) is 11.8 Å². The van der Waals surface area contributed by atoms with E-state index in [2.05, 4.69) is 44.4 Å². The first-order chi connectivity index (χ1) is 16.0. The molecule has 4 aromatic rings. The van der Waals surface area contributed by atoms with Crippen molar-refractivity contribution in [2.75, 3.05) is 19.8 Å². The molecular weight excluding hydrogens is 418 g/mol. The van der Waals surface area contributed by atoms with Crippen LogP contribution in [-0.2, 0) is 5.41 Å². The molecule has 9 nitrogen and oxygen atoms in total. The minimum atomic E-state index is -0.272. The maximum absolute atomic E-state index is 12.1. The number of anilines is 1. The molecule has 0 saturated heterocycles. The van der Waals surface area contributed by atoms with E-state index >= 15 is 0 Å². The van der Waals surface area contributed by atoms with Gasteiger partial charge in [-0.2, -0.15) is 4.98 Å². The highest BCUT2D eigenvalue weighted by atomic mass is 16.5. The summed E-state index contributed by atoms with van der Waals surface area (Å²) in [6, 6.07) is 11.7. The standard InChI is InChI=1S/C24H23N7O2/c1-31(2)21(32)19-9-6-16(12-26-19)20-29-22(30-33-20)24(10-3-11-24)18-7-4-15(5-8-18)17-13-27-23(25)28-14-17/h4-9,12-14H,3,10-11H2,1-2H3,(H2,25,27,28). The second kappa shape index (κ2) is 8.09. The van der Waals surface area contributed by atoms with Gasteiger partial charge in [0.15, 0.2) is 5.82 Å². The maximum Gasteiger partial charge on any atom is 0.271 e. The number of rotatable bonds is 5. The summed E-state index contributed by atoms with van der Waals surface area (Å²) in [5.74, 6) is 1.16. The molecule has 1 aliphatic rings. The average Bonchev–Trinajstić information content (AvgIpc) is 3.29. The first-order valence-corrected chi connectivity index (χ1v) is 10.7. The van der Waals surface area contributed by atoms with Crippen molar-refractivity contribution in [3.05, 3.63) is 72.1 Å². The molecule has 5 rings (SSSR count). The predicted molar refractivity (Wildman–Crippen MR) is 122 cm³/mol. The highest BCUT2D eigenvalue weighted by Crippen LogP contribution is 2.48. The molecule has 33 heavy (non-hydrogen) atoms. The van der Waals surface area contributed by atoms with Crippen molar-refractivity contribution in [1.82, 2.24) is 30.0 Å². The molecule has 1 fully saturated rings. The van der Waals surface area contributed by atoms with E-state index in [9.17, 15) is 4.79 Å². The van der Waals surface area contributed by atoms with E-state index in [0.29, 0.717) is 23.0 Å². The molecule has 1 aromatic carbocycles. The number of hydrogen-bond acceptors (Lipinski definition) is 8. The topological polar surface area (TPSA) is 124 Å². The van der Waals surface area contributed by atoms with Gasteiger partial charge >= 0.3 is 0 Å². The molecule has 0 spiro atoms. The van der Waals surface area contributed by atoms with Crippen molar-refractivity contribution in [2.24, 2.45) is 0 Å². The Morgan fingerprint density at radius 3 is 2.18 bits per heavy atom. The van der Waals surface area contributed by atoms with Crippen molar-refractivity contribution in [2.45, 2.75) is 24.7 Å². The lowest BCUT2D eigenvalue weighted by Crippen LogP contribution is -2.36. The van der Waals surface area contributed by atoms with Gasteiger partial charge in [0.2, 0.25) is 5.95 Å². The van der Waals surface area contributed by atoms with Crippen LogP contribution in [0.5, 0.6) is 0 Å². The van der Waals surface area contributed by atoms with Gasteiger partial charge in [-0.05, 0) is 36.1 Å². The molecule has 166 valence electrons. The molecule has 0 bridgehead atoms. The molecule has 2 N–H and O–H groups in total. The number of pyridine rings is 1. The summed E-state index contributed by atoms with van der Waals surface area (Å²) in [6.07, 6.45) is 8.02. The molecule has 9 heteroatoms. The summed E-state index contributed by atoms with van der Waals surface area (Å²) in [6.45, 7) is 0. The number of benzene rings is 1. The van der Waals surface area contributed by atoms with Crippen LogP contribution < -0.4 is 5.73 Å². The number of amides is 1. The molecule has 3 heterocycles. The van der Waals surface area contributed by atoms with Crippen LogP contribution in [0, 0.1) is 0 Å². The van der Waals surface area contributed by atoms with Gasteiger partial charge < -0.3 is 15.2 Å². The molecule has 0 aliphatic heterocycles. The zero-order valence-electron chi connectivity index (χ0n) is 18.4. The summed E-state index contributed by atoms with van der Waals surface area (Å²) < 4.78 is 5.58. The average molecular weight is 441 g/mol. The van der Waals surface area contributed by atoms with Crippen LogP contribution in [0.1, 0.15) is 41.1 Å². The largest absolute Gasteiger partial charge is 0.368 e. The molecule has 1 saturated carbocycles. The van der Waals surface area contributed by atoms with E-state index in [-0.39, 0.29) is 17.3 Å². The first-order valence-electron chi connectivity index (χ1n) is 10.7. The fourth-order valence-corrected chi connectivity index (χ4v) is 4.05. The van der Waals surface area contributed by atoms with E-state index < -0.39 is 0 Å². The Kier molecular flexibility index (Phi) is 5.08. The van der Waals surface area contributed by atoms with Gasteiger partial charge in [0, 0.05) is 38.2 Å². The van der Waals surface area contributed by atoms with Crippen LogP contribution in [0.3, 0.4) is 0 Å². The number of nitrogen functional groups attached to an aromatic ring is 1. The Labute approximate surface area is 190 Å². The SMILES string of the molecule is CN(C)C(=O)c1ccc(-c2nc(C3(c4ccc(-c5cnc(N)nc5)cc4)CCC3)no2)cn1. The quantitative estimate of drug-likeness (QED) is 0.500. The summed E-state index contributed by atoms with van der Waals surface area (Å²) in [4.78, 5) is 30.6. The third kappa shape index (κ3) is 3.71. The fourth-order valence-electron chi connectivity index (χ4n) is 4.05. The third-order valence-electron chi connectivity index (χ3n) is 6.14. The lowest BCUT2D eigenvalue weighted by molar-refractivity contribution is 0.0822. The molecule has 3 aromatic heterocycles. The van der Waals surface area contributed by atoms with Gasteiger partial charge in [-0.3, -0.25) is 9.78 Å². The summed E-state index contributed by atoms with van der Waals surface area (Å²) in [5.41, 5.74) is 9.42. The minimum Gasteiger partial charge on any atom is -0.368 e. The molecule has 0 unspecified atom stereocenters. The van der Waals surface area contributed by atoms with E-state index in [1.54, 1.807) is 44.8 Å². The van der Waals surface area contributed by atoms with Crippen molar-refractivity contribution >= 4 is 11.9 Å². The van der Waals surface area contributed by atoms with Crippen molar-refractivity contribution < 1.29 is 9.32 Å². The number of carbonyl (C=O) groups is 1. The number of nitrogens with two attached hydrogens (primary N) is 1. The Hall–Kier alpha value is -4.14. The Morgan fingerprint density at radius 2 is 1.61 bits per heavy atom. The Morgan fingerprint density at radius 1 is 0.939 bits per heavy atom. The van der Waals surface area contributed by atoms with E-state index in [4.69, 9.17) is 15.2 Å². The summed E-state index contributed by atoms with van der Waals surface area (Å²) in [7, 11) is 3.38. The second-order valence-corrected chi connectivity index (χ2v) is 8.40. The number of carbonyl (C=O) groups excluding carboxylic acids is 1. The Balaban J connectivity index is 1.41. The number of aromatic nitrogens is 5. The normalized spacial score (nSPS) is 14.5. The van der Waals surface area contributed by atoms with E-state index in [1.165, 1.54) is 4.90 Å². The highest BCUT2D eigenvalue weighted by Gasteiger charge is 2.44. The van der Waals surface area contributed by atoms with Crippen molar-refractivity contribution in [3.63, 3.8) is 0 Å². The molecule has 1 amide bonds. The molecule has 1 aliphatic carbocycles. The fraction of sp³-hybridized carbons (Fsp3) is 0.250. The first kappa shape index (κ1) is 20.7. The lowest BCUT2D eigenvalue weighted by atomic mass is 9.64. The Bertz CT molecular complexity index is 1280. The van der Waals surface area contributed by atoms with Gasteiger partial charge in [-0.15, -0.1) is 0 Å². The predicted octanol–water partition coefficient (Wildman–Crippen LogP) is 3.34. The maximum atomic E-state index is 12.1. The second-order valence-electron chi connectivity index (χ2n) is 8.40. The molecule has 0 atom stereocenters. The molecular formula is C24H23N7O2. The van der Waals surface area contributed by atoms with Crippen LogP contribution in [0.15, 0.2) is 59.5 Å². The van der Waals surface area contributed by atoms with Crippen LogP contribution in [0.25, 0.3) is 22.6 Å². The minimum absolute atomic E-state index is 0.157. The smallest absolute Gasteiger partial charge is 0.271 e. The van der Waals surface area contributed by atoms with Crippen molar-refractivity contribution in [3.8, 4) is 22.6 Å². The summed E-state index contributed by atoms with van der Waals surface area (Å²) >= 11 is 0. The van der Waals surface area contributed by atoms with E-state index in [0.717, 1.165) is 36.0 Å². The summed E-state index contributed by atoms with van der Waals surface area (Å²) in [5, 5.41) is 4.32. The monoisotopic (exact) mass is 441 g/mol. The molecule has 0 radical (unpaired) electrons. The van der Waals surface area contributed by atoms with Crippen molar-refractivity contribution in [1.29, 1.82) is 0 Å². The highest BCUT2D eigenvalue weighted by molar-refractivity contribution is 5.92. The lowest BCUT2D eigenvalue weighted by Gasteiger charge is -2.39. The van der Waals surface area contributed by atoms with Gasteiger partial charge in [-0.1, -0.05) is 35.8 Å². The van der Waals surface area contributed by atoms with E-state index in [1.807, 2.05) is 0 Å². The van der Waals surface area contributed by atoms with Crippen LogP contribution in [-0.4, -0.2) is 50.0 Å². The van der Waals surface area contributed by atoms with Crippen LogP contribution >= 0.6 is 0 Å².